The van der Waals surface area contributed by atoms with Gasteiger partial charge in [0, 0.05) is 29.6 Å². The molecule has 1 aromatic carbocycles. The van der Waals surface area contributed by atoms with Crippen molar-refractivity contribution in [3.63, 3.8) is 0 Å². The van der Waals surface area contributed by atoms with E-state index in [2.05, 4.69) is 5.16 Å². The highest BCUT2D eigenvalue weighted by molar-refractivity contribution is 6.31. The summed E-state index contributed by atoms with van der Waals surface area (Å²) in [5.41, 5.74) is 7.14. The molecule has 0 radical (unpaired) electrons. The van der Waals surface area contributed by atoms with Crippen molar-refractivity contribution >= 4 is 23.3 Å². The number of hydrogen-bond acceptors (Lipinski definition) is 3. The fourth-order valence-corrected chi connectivity index (χ4v) is 2.57. The van der Waals surface area contributed by atoms with E-state index in [4.69, 9.17) is 22.5 Å². The average Bonchev–Trinajstić information content (AvgIpc) is 2.48. The van der Waals surface area contributed by atoms with Crippen LogP contribution >= 0.6 is 11.6 Å². The Kier molecular flexibility index (Phi) is 4.49. The van der Waals surface area contributed by atoms with E-state index in [-0.39, 0.29) is 17.7 Å². The molecule has 0 aromatic heterocycles. The van der Waals surface area contributed by atoms with Gasteiger partial charge in [0.1, 0.15) is 5.84 Å². The number of benzene rings is 1. The van der Waals surface area contributed by atoms with E-state index in [1.165, 1.54) is 0 Å². The molecule has 1 unspecified atom stereocenters. The summed E-state index contributed by atoms with van der Waals surface area (Å²) in [4.78, 5) is 14.2. The molecular formula is C14H18ClN3O2. The number of carbonyl (C=O) groups is 1. The highest BCUT2D eigenvalue weighted by Gasteiger charge is 2.27. The van der Waals surface area contributed by atoms with E-state index >= 15 is 0 Å². The second-order valence-electron chi connectivity index (χ2n) is 5.08. The van der Waals surface area contributed by atoms with Gasteiger partial charge in [-0.15, -0.1) is 0 Å². The average molecular weight is 296 g/mol. The summed E-state index contributed by atoms with van der Waals surface area (Å²) in [5.74, 6) is 0.0328. The predicted octanol–water partition coefficient (Wildman–Crippen LogP) is 2.25. The third kappa shape index (κ3) is 3.04. The normalized spacial score (nSPS) is 20.0. The Morgan fingerprint density at radius 3 is 2.95 bits per heavy atom. The zero-order valence-corrected chi connectivity index (χ0v) is 12.1. The number of halogens is 1. The van der Waals surface area contributed by atoms with E-state index in [1.807, 2.05) is 13.0 Å². The van der Waals surface area contributed by atoms with E-state index in [0.717, 1.165) is 18.4 Å². The monoisotopic (exact) mass is 295 g/mol. The van der Waals surface area contributed by atoms with Crippen molar-refractivity contribution < 1.29 is 10.0 Å². The van der Waals surface area contributed by atoms with Crippen molar-refractivity contribution in [2.75, 3.05) is 13.1 Å². The van der Waals surface area contributed by atoms with Crippen LogP contribution in [0.4, 0.5) is 0 Å². The van der Waals surface area contributed by atoms with Crippen LogP contribution in [0.15, 0.2) is 23.4 Å². The van der Waals surface area contributed by atoms with Gasteiger partial charge < -0.3 is 15.8 Å². The molecule has 0 aliphatic carbocycles. The van der Waals surface area contributed by atoms with E-state index in [1.54, 1.807) is 17.0 Å². The minimum Gasteiger partial charge on any atom is -0.409 e. The first-order chi connectivity index (χ1) is 9.52. The van der Waals surface area contributed by atoms with E-state index < -0.39 is 0 Å². The van der Waals surface area contributed by atoms with Crippen molar-refractivity contribution in [1.82, 2.24) is 4.90 Å². The number of oxime groups is 1. The Morgan fingerprint density at radius 2 is 2.30 bits per heavy atom. The molecule has 1 atom stereocenters. The number of carbonyl (C=O) groups excluding carboxylic acids is 1. The van der Waals surface area contributed by atoms with E-state index in [0.29, 0.717) is 23.7 Å². The topological polar surface area (TPSA) is 78.9 Å². The minimum absolute atomic E-state index is 0.0673. The first kappa shape index (κ1) is 14.7. The first-order valence-electron chi connectivity index (χ1n) is 6.55. The summed E-state index contributed by atoms with van der Waals surface area (Å²) in [6.45, 7) is 3.05. The van der Waals surface area contributed by atoms with Crippen molar-refractivity contribution in [3.8, 4) is 0 Å². The molecule has 0 spiro atoms. The van der Waals surface area contributed by atoms with Crippen LogP contribution in [0.3, 0.4) is 0 Å². The van der Waals surface area contributed by atoms with Gasteiger partial charge in [-0.2, -0.15) is 0 Å². The molecule has 1 aliphatic heterocycles. The Hall–Kier alpha value is -1.75. The van der Waals surface area contributed by atoms with E-state index in [9.17, 15) is 4.79 Å². The molecule has 108 valence electrons. The molecule has 1 saturated heterocycles. The third-order valence-corrected chi connectivity index (χ3v) is 4.07. The van der Waals surface area contributed by atoms with Gasteiger partial charge in [-0.25, -0.2) is 0 Å². The van der Waals surface area contributed by atoms with Gasteiger partial charge in [-0.3, -0.25) is 4.79 Å². The van der Waals surface area contributed by atoms with Gasteiger partial charge in [0.2, 0.25) is 0 Å². The van der Waals surface area contributed by atoms with Crippen LogP contribution in [0.2, 0.25) is 5.02 Å². The van der Waals surface area contributed by atoms with Crippen LogP contribution in [0.25, 0.3) is 0 Å². The molecule has 5 nitrogen and oxygen atoms in total. The van der Waals surface area contributed by atoms with Crippen LogP contribution in [0, 0.1) is 12.8 Å². The number of nitrogens with zero attached hydrogens (tertiary/aromatic N) is 2. The number of piperidine rings is 1. The standard InChI is InChI=1S/C14H18ClN3O2/c1-9-4-5-10(7-12(9)15)14(19)18-6-2-3-11(8-18)13(16)17-20/h4-5,7,11,20H,2-3,6,8H2,1H3,(H2,16,17). The summed E-state index contributed by atoms with van der Waals surface area (Å²) in [5, 5.41) is 12.4. The van der Waals surface area contributed by atoms with Gasteiger partial charge in [0.25, 0.3) is 5.91 Å². The molecular weight excluding hydrogens is 278 g/mol. The quantitative estimate of drug-likeness (QED) is 0.380. The fraction of sp³-hybridized carbons (Fsp3) is 0.429. The minimum atomic E-state index is -0.0846. The zero-order valence-electron chi connectivity index (χ0n) is 11.3. The number of nitrogens with two attached hydrogens (primary N) is 1. The number of amidine groups is 1. The lowest BCUT2D eigenvalue weighted by atomic mass is 9.96. The number of rotatable bonds is 2. The Morgan fingerprint density at radius 1 is 1.55 bits per heavy atom. The summed E-state index contributed by atoms with van der Waals surface area (Å²) in [6.07, 6.45) is 1.67. The SMILES string of the molecule is Cc1ccc(C(=O)N2CCCC(C(N)=NO)C2)cc1Cl. The lowest BCUT2D eigenvalue weighted by Gasteiger charge is -2.32. The lowest BCUT2D eigenvalue weighted by molar-refractivity contribution is 0.0701. The molecule has 6 heteroatoms. The fourth-order valence-electron chi connectivity index (χ4n) is 2.39. The maximum Gasteiger partial charge on any atom is 0.253 e. The third-order valence-electron chi connectivity index (χ3n) is 3.66. The Labute approximate surface area is 123 Å². The number of hydrogen-bond donors (Lipinski definition) is 2. The van der Waals surface area contributed by atoms with Gasteiger partial charge in [0.15, 0.2) is 0 Å². The molecule has 1 aromatic rings. The summed E-state index contributed by atoms with van der Waals surface area (Å²) in [6, 6.07) is 5.30. The van der Waals surface area contributed by atoms with Crippen molar-refractivity contribution in [3.05, 3.63) is 34.3 Å². The maximum atomic E-state index is 12.4. The van der Waals surface area contributed by atoms with Crippen molar-refractivity contribution in [2.24, 2.45) is 16.8 Å². The van der Waals surface area contributed by atoms with Crippen LogP contribution < -0.4 is 5.73 Å². The Bertz CT molecular complexity index is 545. The van der Waals surface area contributed by atoms with Crippen molar-refractivity contribution in [1.29, 1.82) is 0 Å². The highest BCUT2D eigenvalue weighted by Crippen LogP contribution is 2.21. The first-order valence-corrected chi connectivity index (χ1v) is 6.93. The second kappa shape index (κ2) is 6.13. The Balaban J connectivity index is 2.14. The zero-order chi connectivity index (χ0) is 14.7. The smallest absolute Gasteiger partial charge is 0.253 e. The summed E-state index contributed by atoms with van der Waals surface area (Å²) in [7, 11) is 0. The van der Waals surface area contributed by atoms with Crippen LogP contribution in [0.1, 0.15) is 28.8 Å². The molecule has 0 bridgehead atoms. The number of likely N-dealkylation sites (tertiary alicyclic amines) is 1. The molecule has 0 saturated carbocycles. The van der Waals surface area contributed by atoms with Crippen molar-refractivity contribution in [2.45, 2.75) is 19.8 Å². The van der Waals surface area contributed by atoms with Gasteiger partial charge in [0.05, 0.1) is 0 Å². The van der Waals surface area contributed by atoms with Crippen LogP contribution in [-0.4, -0.2) is 34.9 Å². The number of amides is 1. The highest BCUT2D eigenvalue weighted by atomic mass is 35.5. The molecule has 1 amide bonds. The molecule has 2 rings (SSSR count). The van der Waals surface area contributed by atoms with Crippen LogP contribution in [-0.2, 0) is 0 Å². The number of aryl methyl sites for hydroxylation is 1. The summed E-state index contributed by atoms with van der Waals surface area (Å²) < 4.78 is 0. The van der Waals surface area contributed by atoms with Gasteiger partial charge >= 0.3 is 0 Å². The molecule has 1 heterocycles. The maximum absolute atomic E-state index is 12.4. The van der Waals surface area contributed by atoms with Crippen LogP contribution in [0.5, 0.6) is 0 Å². The second-order valence-corrected chi connectivity index (χ2v) is 5.49. The molecule has 20 heavy (non-hydrogen) atoms. The predicted molar refractivity (Wildman–Crippen MR) is 78.2 cm³/mol. The lowest BCUT2D eigenvalue weighted by Crippen LogP contribution is -2.44. The molecule has 3 N–H and O–H groups in total. The largest absolute Gasteiger partial charge is 0.409 e. The van der Waals surface area contributed by atoms with Gasteiger partial charge in [-0.05, 0) is 37.5 Å². The molecule has 1 fully saturated rings. The molecule has 1 aliphatic rings. The van der Waals surface area contributed by atoms with Gasteiger partial charge in [-0.1, -0.05) is 22.8 Å². The summed E-state index contributed by atoms with van der Waals surface area (Å²) >= 11 is 6.06.